The molecule has 0 aliphatic carbocycles. The second-order valence-corrected chi connectivity index (χ2v) is 10.7. The van der Waals surface area contributed by atoms with Crippen molar-refractivity contribution in [2.75, 3.05) is 53.0 Å². The van der Waals surface area contributed by atoms with E-state index in [9.17, 15) is 13.2 Å². The van der Waals surface area contributed by atoms with E-state index in [0.717, 1.165) is 13.0 Å². The van der Waals surface area contributed by atoms with Crippen LogP contribution in [0.15, 0.2) is 27.9 Å². The Labute approximate surface area is 211 Å². The van der Waals surface area contributed by atoms with E-state index in [1.54, 1.807) is 30.7 Å². The number of aromatic amines is 1. The molecule has 12 heteroatoms. The van der Waals surface area contributed by atoms with E-state index >= 15 is 0 Å². The lowest BCUT2D eigenvalue weighted by molar-refractivity contribution is 0.123. The maximum Gasteiger partial charge on any atom is 0.277 e. The molecule has 2 aromatic heterocycles. The maximum absolute atomic E-state index is 13.5. The van der Waals surface area contributed by atoms with Gasteiger partial charge in [0.15, 0.2) is 11.3 Å². The van der Waals surface area contributed by atoms with E-state index < -0.39 is 10.0 Å². The minimum atomic E-state index is -3.75. The smallest absolute Gasteiger partial charge is 0.277 e. The molecular weight excluding hydrogens is 484 g/mol. The van der Waals surface area contributed by atoms with Crippen LogP contribution in [0.4, 0.5) is 0 Å². The number of piperazine rings is 1. The SMILES string of the molecule is CCCc1nc(C)c2c(=O)[nH]c(-c3cc(S(=O)(=O)N4CCN(CCOC)CC4)ccc3OCC)nn12. The number of sulfonamides is 1. The van der Waals surface area contributed by atoms with Crippen LogP contribution in [-0.4, -0.2) is 90.3 Å². The van der Waals surface area contributed by atoms with Crippen LogP contribution in [0.1, 0.15) is 31.8 Å². The van der Waals surface area contributed by atoms with E-state index in [4.69, 9.17) is 9.47 Å². The average molecular weight is 519 g/mol. The lowest BCUT2D eigenvalue weighted by Crippen LogP contribution is -2.49. The third kappa shape index (κ3) is 5.17. The molecule has 0 bridgehead atoms. The normalized spacial score (nSPS) is 15.6. The summed E-state index contributed by atoms with van der Waals surface area (Å²) >= 11 is 0. The number of aryl methyl sites for hydroxylation is 2. The van der Waals surface area contributed by atoms with Gasteiger partial charge in [-0.3, -0.25) is 9.69 Å². The summed E-state index contributed by atoms with van der Waals surface area (Å²) in [6.45, 7) is 9.47. The van der Waals surface area contributed by atoms with E-state index in [0.29, 0.717) is 74.2 Å². The van der Waals surface area contributed by atoms with Crippen LogP contribution in [-0.2, 0) is 21.2 Å². The van der Waals surface area contributed by atoms with Crippen molar-refractivity contribution < 1.29 is 17.9 Å². The van der Waals surface area contributed by atoms with Crippen LogP contribution < -0.4 is 10.3 Å². The molecule has 3 heterocycles. The summed E-state index contributed by atoms with van der Waals surface area (Å²) in [5, 5.41) is 4.65. The number of ether oxygens (including phenoxy) is 2. The Morgan fingerprint density at radius 3 is 2.56 bits per heavy atom. The summed E-state index contributed by atoms with van der Waals surface area (Å²) in [5.41, 5.74) is 1.06. The van der Waals surface area contributed by atoms with Crippen molar-refractivity contribution in [3.63, 3.8) is 0 Å². The number of nitrogens with zero attached hydrogens (tertiary/aromatic N) is 5. The van der Waals surface area contributed by atoms with Crippen molar-refractivity contribution in [1.82, 2.24) is 28.8 Å². The zero-order chi connectivity index (χ0) is 25.9. The van der Waals surface area contributed by atoms with Crippen molar-refractivity contribution in [3.05, 3.63) is 40.1 Å². The summed E-state index contributed by atoms with van der Waals surface area (Å²) in [5.74, 6) is 1.36. The Bertz CT molecular complexity index is 1380. The van der Waals surface area contributed by atoms with Crippen LogP contribution in [0.3, 0.4) is 0 Å². The number of imidazole rings is 1. The van der Waals surface area contributed by atoms with Crippen molar-refractivity contribution in [1.29, 1.82) is 0 Å². The number of benzene rings is 1. The monoisotopic (exact) mass is 518 g/mol. The molecule has 0 radical (unpaired) electrons. The predicted octanol–water partition coefficient (Wildman–Crippen LogP) is 1.70. The van der Waals surface area contributed by atoms with Gasteiger partial charge in [-0.15, -0.1) is 5.10 Å². The Hall–Kier alpha value is -2.80. The zero-order valence-electron chi connectivity index (χ0n) is 21.3. The maximum atomic E-state index is 13.5. The molecule has 196 valence electrons. The summed E-state index contributed by atoms with van der Waals surface area (Å²) in [7, 11) is -2.10. The second kappa shape index (κ2) is 11.1. The molecule has 1 aliphatic heterocycles. The molecular formula is C24H34N6O5S. The fraction of sp³-hybridized carbons (Fsp3) is 0.542. The van der Waals surface area contributed by atoms with E-state index in [2.05, 4.69) is 20.0 Å². The van der Waals surface area contributed by atoms with Gasteiger partial charge in [0.05, 0.1) is 29.4 Å². The highest BCUT2D eigenvalue weighted by atomic mass is 32.2. The standard InChI is InChI=1S/C24H34N6O5S/c1-5-7-21-25-17(3)22-24(31)26-23(27-30(21)22)19-16-18(8-9-20(19)35-6-2)36(32,33)29-12-10-28(11-13-29)14-15-34-4/h8-9,16H,5-7,10-15H2,1-4H3,(H,26,27,31). The third-order valence-corrected chi connectivity index (χ3v) is 8.20. The van der Waals surface area contributed by atoms with Gasteiger partial charge in [0.1, 0.15) is 11.6 Å². The summed E-state index contributed by atoms with van der Waals surface area (Å²) in [4.78, 5) is 22.6. The second-order valence-electron chi connectivity index (χ2n) is 8.76. The van der Waals surface area contributed by atoms with Gasteiger partial charge in [-0.2, -0.15) is 4.31 Å². The van der Waals surface area contributed by atoms with E-state index in [1.165, 1.54) is 10.4 Å². The largest absolute Gasteiger partial charge is 0.493 e. The van der Waals surface area contributed by atoms with Crippen molar-refractivity contribution in [2.45, 2.75) is 38.5 Å². The first-order chi connectivity index (χ1) is 17.3. The van der Waals surface area contributed by atoms with Crippen molar-refractivity contribution in [2.24, 2.45) is 0 Å². The van der Waals surface area contributed by atoms with Crippen molar-refractivity contribution in [3.8, 4) is 17.1 Å². The van der Waals surface area contributed by atoms with Gasteiger partial charge < -0.3 is 14.5 Å². The van der Waals surface area contributed by atoms with Gasteiger partial charge in [0.2, 0.25) is 10.0 Å². The average Bonchev–Trinajstić information content (AvgIpc) is 3.19. The highest BCUT2D eigenvalue weighted by molar-refractivity contribution is 7.89. The molecule has 1 saturated heterocycles. The summed E-state index contributed by atoms with van der Waals surface area (Å²) in [6.07, 6.45) is 1.51. The number of hydrogen-bond donors (Lipinski definition) is 1. The predicted molar refractivity (Wildman–Crippen MR) is 136 cm³/mol. The van der Waals surface area contributed by atoms with Crippen molar-refractivity contribution >= 4 is 15.5 Å². The Morgan fingerprint density at radius 1 is 1.14 bits per heavy atom. The minimum Gasteiger partial charge on any atom is -0.493 e. The first-order valence-electron chi connectivity index (χ1n) is 12.3. The molecule has 3 aromatic rings. The van der Waals surface area contributed by atoms with Gasteiger partial charge in [0.25, 0.3) is 5.56 Å². The van der Waals surface area contributed by atoms with Gasteiger partial charge >= 0.3 is 0 Å². The van der Waals surface area contributed by atoms with E-state index in [-0.39, 0.29) is 16.3 Å². The van der Waals surface area contributed by atoms with Crippen LogP contribution in [0, 0.1) is 6.92 Å². The number of methoxy groups -OCH3 is 1. The van der Waals surface area contributed by atoms with Crippen LogP contribution >= 0.6 is 0 Å². The highest BCUT2D eigenvalue weighted by Crippen LogP contribution is 2.31. The van der Waals surface area contributed by atoms with Gasteiger partial charge in [-0.25, -0.2) is 17.9 Å². The van der Waals surface area contributed by atoms with Crippen LogP contribution in [0.5, 0.6) is 5.75 Å². The topological polar surface area (TPSA) is 122 Å². The molecule has 4 rings (SSSR count). The first-order valence-corrected chi connectivity index (χ1v) is 13.7. The van der Waals surface area contributed by atoms with Gasteiger partial charge in [0, 0.05) is 46.3 Å². The fourth-order valence-electron chi connectivity index (χ4n) is 4.44. The molecule has 1 aliphatic rings. The Kier molecular flexibility index (Phi) is 8.08. The van der Waals surface area contributed by atoms with Crippen LogP contribution in [0.25, 0.3) is 16.9 Å². The molecule has 0 atom stereocenters. The van der Waals surface area contributed by atoms with Gasteiger partial charge in [-0.05, 0) is 38.5 Å². The highest BCUT2D eigenvalue weighted by Gasteiger charge is 2.29. The lowest BCUT2D eigenvalue weighted by Gasteiger charge is -2.33. The Morgan fingerprint density at radius 2 is 1.89 bits per heavy atom. The number of aromatic nitrogens is 4. The number of rotatable bonds is 10. The number of H-pyrrole nitrogens is 1. The molecule has 0 unspecified atom stereocenters. The quantitative estimate of drug-likeness (QED) is 0.430. The molecule has 0 spiro atoms. The molecule has 1 fully saturated rings. The molecule has 11 nitrogen and oxygen atoms in total. The third-order valence-electron chi connectivity index (χ3n) is 6.30. The number of fused-ring (bicyclic) bond motifs is 1. The number of nitrogens with one attached hydrogen (secondary N) is 1. The molecule has 0 saturated carbocycles. The molecule has 1 N–H and O–H groups in total. The zero-order valence-corrected chi connectivity index (χ0v) is 22.1. The Balaban J connectivity index is 1.73. The van der Waals surface area contributed by atoms with Gasteiger partial charge in [-0.1, -0.05) is 6.92 Å². The molecule has 1 aromatic carbocycles. The lowest BCUT2D eigenvalue weighted by atomic mass is 10.2. The fourth-order valence-corrected chi connectivity index (χ4v) is 5.89. The minimum absolute atomic E-state index is 0.129. The summed E-state index contributed by atoms with van der Waals surface area (Å²) in [6, 6.07) is 4.70. The molecule has 0 amide bonds. The number of hydrogen-bond acceptors (Lipinski definition) is 8. The summed E-state index contributed by atoms with van der Waals surface area (Å²) < 4.78 is 41.0. The van der Waals surface area contributed by atoms with E-state index in [1.807, 2.05) is 13.8 Å². The molecule has 36 heavy (non-hydrogen) atoms. The first kappa shape index (κ1) is 26.3. The van der Waals surface area contributed by atoms with Crippen LogP contribution in [0.2, 0.25) is 0 Å².